The molecule has 0 radical (unpaired) electrons. The van der Waals surface area contributed by atoms with Gasteiger partial charge in [-0.15, -0.1) is 0 Å². The predicted molar refractivity (Wildman–Crippen MR) is 86.0 cm³/mol. The molecule has 1 aromatic rings. The maximum absolute atomic E-state index is 12.6. The van der Waals surface area contributed by atoms with Crippen LogP contribution in [0.2, 0.25) is 0 Å². The van der Waals surface area contributed by atoms with Crippen LogP contribution in [0.3, 0.4) is 0 Å². The summed E-state index contributed by atoms with van der Waals surface area (Å²) in [5.74, 6) is 0.547. The number of nitrogens with one attached hydrogen (secondary N) is 2. The van der Waals surface area contributed by atoms with Gasteiger partial charge in [0.15, 0.2) is 0 Å². The predicted octanol–water partition coefficient (Wildman–Crippen LogP) is 2.94. The first-order valence-corrected chi connectivity index (χ1v) is 8.77. The highest BCUT2D eigenvalue weighted by molar-refractivity contribution is 9.10. The molecule has 0 bridgehead atoms. The summed E-state index contributed by atoms with van der Waals surface area (Å²) in [7, 11) is 0. The molecule has 4 heteroatoms. The maximum Gasteiger partial charge on any atom is 0.224 e. The summed E-state index contributed by atoms with van der Waals surface area (Å²) in [5, 5.41) is 6.71. The largest absolute Gasteiger partial charge is 0.349 e. The fourth-order valence-electron chi connectivity index (χ4n) is 4.23. The van der Waals surface area contributed by atoms with E-state index in [0.29, 0.717) is 5.41 Å². The van der Waals surface area contributed by atoms with Crippen LogP contribution in [0.5, 0.6) is 0 Å². The number of benzene rings is 1. The Balaban J connectivity index is 1.44. The van der Waals surface area contributed by atoms with E-state index in [4.69, 9.17) is 0 Å². The second kappa shape index (κ2) is 5.10. The van der Waals surface area contributed by atoms with Crippen molar-refractivity contribution >= 4 is 21.8 Å². The lowest BCUT2D eigenvalue weighted by Crippen LogP contribution is -2.34. The minimum Gasteiger partial charge on any atom is -0.349 e. The Morgan fingerprint density at radius 1 is 1.33 bits per heavy atom. The first-order chi connectivity index (χ1) is 10.2. The zero-order chi connectivity index (χ0) is 14.4. The zero-order valence-corrected chi connectivity index (χ0v) is 13.7. The summed E-state index contributed by atoms with van der Waals surface area (Å²) in [6.45, 7) is 2.14. The number of amides is 1. The molecule has 1 spiro atoms. The Kier molecular flexibility index (Phi) is 3.34. The van der Waals surface area contributed by atoms with E-state index in [1.807, 2.05) is 0 Å². The van der Waals surface area contributed by atoms with E-state index in [1.54, 1.807) is 0 Å². The lowest BCUT2D eigenvalue weighted by atomic mass is 9.91. The van der Waals surface area contributed by atoms with Gasteiger partial charge in [0.2, 0.25) is 5.91 Å². The third-order valence-corrected chi connectivity index (χ3v) is 6.38. The summed E-state index contributed by atoms with van der Waals surface area (Å²) in [6, 6.07) is 6.53. The molecule has 2 atom stereocenters. The molecule has 2 unspecified atom stereocenters. The number of halogens is 1. The lowest BCUT2D eigenvalue weighted by Gasteiger charge is -2.24. The molecule has 21 heavy (non-hydrogen) atoms. The highest BCUT2D eigenvalue weighted by Gasteiger charge is 2.57. The Labute approximate surface area is 134 Å². The van der Waals surface area contributed by atoms with Crippen LogP contribution in [0.15, 0.2) is 22.7 Å². The highest BCUT2D eigenvalue weighted by Crippen LogP contribution is 2.58. The van der Waals surface area contributed by atoms with Crippen LogP contribution in [0.4, 0.5) is 0 Å². The number of hydrogen-bond donors (Lipinski definition) is 2. The number of hydrogen-bond acceptors (Lipinski definition) is 2. The Hall–Kier alpha value is -0.870. The highest BCUT2D eigenvalue weighted by atomic mass is 79.9. The molecule has 1 saturated heterocycles. The van der Waals surface area contributed by atoms with Crippen molar-refractivity contribution in [3.05, 3.63) is 33.8 Å². The van der Waals surface area contributed by atoms with E-state index in [2.05, 4.69) is 44.8 Å². The van der Waals surface area contributed by atoms with Crippen LogP contribution in [0, 0.1) is 11.3 Å². The monoisotopic (exact) mass is 348 g/mol. The van der Waals surface area contributed by atoms with Crippen LogP contribution in [0.25, 0.3) is 0 Å². The van der Waals surface area contributed by atoms with Gasteiger partial charge in [-0.25, -0.2) is 0 Å². The average molecular weight is 349 g/mol. The number of fused-ring (bicyclic) bond motifs is 1. The normalized spacial score (nSPS) is 29.2. The molecule has 1 saturated carbocycles. The van der Waals surface area contributed by atoms with E-state index in [9.17, 15) is 4.79 Å². The van der Waals surface area contributed by atoms with Crippen LogP contribution in [-0.2, 0) is 11.2 Å². The van der Waals surface area contributed by atoms with Gasteiger partial charge in [0.25, 0.3) is 0 Å². The molecule has 2 N–H and O–H groups in total. The van der Waals surface area contributed by atoms with E-state index in [-0.39, 0.29) is 17.9 Å². The second-order valence-corrected chi connectivity index (χ2v) is 7.63. The van der Waals surface area contributed by atoms with Crippen molar-refractivity contribution in [2.24, 2.45) is 11.3 Å². The number of piperidine rings is 1. The van der Waals surface area contributed by atoms with Crippen molar-refractivity contribution in [3.8, 4) is 0 Å². The first-order valence-electron chi connectivity index (χ1n) is 7.98. The van der Waals surface area contributed by atoms with Crippen molar-refractivity contribution in [2.75, 3.05) is 13.1 Å². The summed E-state index contributed by atoms with van der Waals surface area (Å²) < 4.78 is 1.18. The van der Waals surface area contributed by atoms with Crippen molar-refractivity contribution in [1.29, 1.82) is 0 Å². The van der Waals surface area contributed by atoms with Gasteiger partial charge in [-0.2, -0.15) is 0 Å². The molecule has 1 aromatic carbocycles. The Bertz CT molecular complexity index is 580. The van der Waals surface area contributed by atoms with E-state index < -0.39 is 0 Å². The standard InChI is InChI=1S/C17H21BrN2O/c18-14-3-1-2-12-11(14)4-5-15(12)20-16(21)13-10-17(13)6-8-19-9-7-17/h1-3,13,15,19H,4-10H2,(H,20,21). The van der Waals surface area contributed by atoms with E-state index in [0.717, 1.165) is 45.2 Å². The van der Waals surface area contributed by atoms with Gasteiger partial charge in [-0.3, -0.25) is 4.79 Å². The smallest absolute Gasteiger partial charge is 0.224 e. The van der Waals surface area contributed by atoms with Gasteiger partial charge in [0.1, 0.15) is 0 Å². The van der Waals surface area contributed by atoms with Gasteiger partial charge in [0.05, 0.1) is 6.04 Å². The van der Waals surface area contributed by atoms with Crippen molar-refractivity contribution < 1.29 is 4.79 Å². The molecule has 1 heterocycles. The number of carbonyl (C=O) groups excluding carboxylic acids is 1. The molecular weight excluding hydrogens is 328 g/mol. The van der Waals surface area contributed by atoms with Crippen molar-refractivity contribution in [3.63, 3.8) is 0 Å². The number of carbonyl (C=O) groups is 1. The van der Waals surface area contributed by atoms with E-state index >= 15 is 0 Å². The van der Waals surface area contributed by atoms with Crippen LogP contribution in [-0.4, -0.2) is 19.0 Å². The fourth-order valence-corrected chi connectivity index (χ4v) is 4.81. The fraction of sp³-hybridized carbons (Fsp3) is 0.588. The molecule has 1 amide bonds. The summed E-state index contributed by atoms with van der Waals surface area (Å²) in [5.41, 5.74) is 3.00. The summed E-state index contributed by atoms with van der Waals surface area (Å²) in [4.78, 5) is 12.6. The minimum absolute atomic E-state index is 0.212. The summed E-state index contributed by atoms with van der Waals surface area (Å²) in [6.07, 6.45) is 5.51. The molecular formula is C17H21BrN2O. The molecule has 0 aromatic heterocycles. The van der Waals surface area contributed by atoms with Crippen LogP contribution in [0.1, 0.15) is 42.9 Å². The summed E-state index contributed by atoms with van der Waals surface area (Å²) >= 11 is 3.62. The van der Waals surface area contributed by atoms with Gasteiger partial charge in [-0.05, 0) is 67.8 Å². The number of rotatable bonds is 2. The van der Waals surface area contributed by atoms with Crippen molar-refractivity contribution in [2.45, 2.75) is 38.1 Å². The Morgan fingerprint density at radius 2 is 2.14 bits per heavy atom. The maximum atomic E-state index is 12.6. The average Bonchev–Trinajstić information content (AvgIpc) is 3.01. The van der Waals surface area contributed by atoms with Crippen LogP contribution >= 0.6 is 15.9 Å². The van der Waals surface area contributed by atoms with Gasteiger partial charge < -0.3 is 10.6 Å². The molecule has 2 aliphatic carbocycles. The third-order valence-electron chi connectivity index (χ3n) is 5.64. The van der Waals surface area contributed by atoms with Crippen molar-refractivity contribution in [1.82, 2.24) is 10.6 Å². The van der Waals surface area contributed by atoms with Crippen LogP contribution < -0.4 is 10.6 Å². The molecule has 2 fully saturated rings. The molecule has 3 aliphatic rings. The zero-order valence-electron chi connectivity index (χ0n) is 12.1. The topological polar surface area (TPSA) is 41.1 Å². The quantitative estimate of drug-likeness (QED) is 0.862. The third kappa shape index (κ3) is 2.33. The molecule has 1 aliphatic heterocycles. The Morgan fingerprint density at radius 3 is 2.95 bits per heavy atom. The molecule has 112 valence electrons. The second-order valence-electron chi connectivity index (χ2n) is 6.78. The van der Waals surface area contributed by atoms with Gasteiger partial charge in [-0.1, -0.05) is 28.1 Å². The SMILES string of the molecule is O=C(NC1CCc2c(Br)cccc21)C1CC12CCNCC2. The van der Waals surface area contributed by atoms with Gasteiger partial charge >= 0.3 is 0 Å². The minimum atomic E-state index is 0.212. The van der Waals surface area contributed by atoms with E-state index in [1.165, 1.54) is 15.6 Å². The molecule has 3 nitrogen and oxygen atoms in total. The molecule has 4 rings (SSSR count). The van der Waals surface area contributed by atoms with Gasteiger partial charge in [0, 0.05) is 10.4 Å². The lowest BCUT2D eigenvalue weighted by molar-refractivity contribution is -0.124. The first kappa shape index (κ1) is 13.8.